The van der Waals surface area contributed by atoms with Gasteiger partial charge in [0.25, 0.3) is 0 Å². The van der Waals surface area contributed by atoms with E-state index in [0.717, 1.165) is 0 Å². The molecule has 1 nitrogen and oxygen atoms in total. The summed E-state index contributed by atoms with van der Waals surface area (Å²) in [7, 11) is 0. The van der Waals surface area contributed by atoms with E-state index in [1.54, 1.807) is 0 Å². The minimum Gasteiger partial charge on any atom is -0.291 e. The normalized spacial score (nSPS) is 31.4. The van der Waals surface area contributed by atoms with Crippen molar-refractivity contribution < 1.29 is 0 Å². The lowest BCUT2D eigenvalue weighted by molar-refractivity contribution is 0.159. The third-order valence-electron chi connectivity index (χ3n) is 2.37. The summed E-state index contributed by atoms with van der Waals surface area (Å²) >= 11 is 0. The molecule has 0 aromatic carbocycles. The quantitative estimate of drug-likeness (QED) is 0.543. The standard InChI is InChI=1S/C11H21N/c1-9-6-7-10(2)12(9)8-11(3,4)5/h6-7,9-10H,8H2,1-5H3. The molecular weight excluding hydrogens is 146 g/mol. The van der Waals surface area contributed by atoms with Gasteiger partial charge in [0.05, 0.1) is 0 Å². The maximum atomic E-state index is 2.54. The second kappa shape index (κ2) is 3.21. The summed E-state index contributed by atoms with van der Waals surface area (Å²) in [6.45, 7) is 12.6. The second-order valence-electron chi connectivity index (χ2n) is 5.10. The molecule has 0 fully saturated rings. The van der Waals surface area contributed by atoms with Gasteiger partial charge in [-0.1, -0.05) is 32.9 Å². The molecule has 2 unspecified atom stereocenters. The van der Waals surface area contributed by atoms with Crippen LogP contribution in [0.2, 0.25) is 0 Å². The molecule has 0 amide bonds. The second-order valence-corrected chi connectivity index (χ2v) is 5.10. The topological polar surface area (TPSA) is 3.24 Å². The highest BCUT2D eigenvalue weighted by molar-refractivity contribution is 5.07. The molecule has 0 aromatic heterocycles. The zero-order valence-corrected chi connectivity index (χ0v) is 8.96. The Kier molecular flexibility index (Phi) is 2.62. The van der Waals surface area contributed by atoms with Crippen LogP contribution in [0.5, 0.6) is 0 Å². The molecule has 0 spiro atoms. The Morgan fingerprint density at radius 2 is 1.50 bits per heavy atom. The summed E-state index contributed by atoms with van der Waals surface area (Å²) in [4.78, 5) is 2.54. The highest BCUT2D eigenvalue weighted by Crippen LogP contribution is 2.23. The average molecular weight is 167 g/mol. The van der Waals surface area contributed by atoms with Crippen LogP contribution in [0.15, 0.2) is 12.2 Å². The van der Waals surface area contributed by atoms with Gasteiger partial charge < -0.3 is 0 Å². The maximum Gasteiger partial charge on any atom is 0.0256 e. The molecule has 0 aliphatic carbocycles. The lowest BCUT2D eigenvalue weighted by Gasteiger charge is -2.32. The molecule has 12 heavy (non-hydrogen) atoms. The van der Waals surface area contributed by atoms with E-state index >= 15 is 0 Å². The molecule has 1 heterocycles. The number of hydrogen-bond donors (Lipinski definition) is 0. The van der Waals surface area contributed by atoms with Crippen LogP contribution in [0, 0.1) is 5.41 Å². The largest absolute Gasteiger partial charge is 0.291 e. The summed E-state index contributed by atoms with van der Waals surface area (Å²) in [5, 5.41) is 0. The Morgan fingerprint density at radius 3 is 1.83 bits per heavy atom. The van der Waals surface area contributed by atoms with Crippen molar-refractivity contribution in [3.8, 4) is 0 Å². The molecule has 0 N–H and O–H groups in total. The molecule has 1 heteroatoms. The van der Waals surface area contributed by atoms with Crippen LogP contribution in [0.1, 0.15) is 34.6 Å². The summed E-state index contributed by atoms with van der Waals surface area (Å²) in [5.41, 5.74) is 0.411. The highest BCUT2D eigenvalue weighted by Gasteiger charge is 2.25. The molecular formula is C11H21N. The predicted octanol–water partition coefficient (Wildman–Crippen LogP) is 2.68. The Labute approximate surface area is 76.5 Å². The van der Waals surface area contributed by atoms with E-state index in [0.29, 0.717) is 17.5 Å². The number of hydrogen-bond acceptors (Lipinski definition) is 1. The predicted molar refractivity (Wildman–Crippen MR) is 54.2 cm³/mol. The Morgan fingerprint density at radius 1 is 1.08 bits per heavy atom. The van der Waals surface area contributed by atoms with E-state index in [1.165, 1.54) is 6.54 Å². The van der Waals surface area contributed by atoms with Crippen LogP contribution < -0.4 is 0 Å². The first-order valence-corrected chi connectivity index (χ1v) is 4.84. The zero-order chi connectivity index (χ0) is 9.35. The van der Waals surface area contributed by atoms with Gasteiger partial charge in [0.1, 0.15) is 0 Å². The smallest absolute Gasteiger partial charge is 0.0256 e. The van der Waals surface area contributed by atoms with E-state index < -0.39 is 0 Å². The molecule has 0 saturated heterocycles. The van der Waals surface area contributed by atoms with Gasteiger partial charge in [-0.25, -0.2) is 0 Å². The SMILES string of the molecule is CC1C=CC(C)N1CC(C)(C)C. The molecule has 0 radical (unpaired) electrons. The van der Waals surface area contributed by atoms with Gasteiger partial charge in [-0.3, -0.25) is 4.90 Å². The van der Waals surface area contributed by atoms with Crippen LogP contribution in [-0.4, -0.2) is 23.5 Å². The minimum absolute atomic E-state index is 0.411. The molecule has 70 valence electrons. The van der Waals surface area contributed by atoms with E-state index in [9.17, 15) is 0 Å². The first-order valence-electron chi connectivity index (χ1n) is 4.84. The summed E-state index contributed by atoms with van der Waals surface area (Å²) in [6.07, 6.45) is 4.60. The Balaban J connectivity index is 2.53. The van der Waals surface area contributed by atoms with Gasteiger partial charge in [0, 0.05) is 18.6 Å². The van der Waals surface area contributed by atoms with Crippen molar-refractivity contribution in [2.45, 2.75) is 46.7 Å². The molecule has 0 bridgehead atoms. The highest BCUT2D eigenvalue weighted by atomic mass is 15.2. The van der Waals surface area contributed by atoms with Crippen molar-refractivity contribution >= 4 is 0 Å². The minimum atomic E-state index is 0.411. The van der Waals surface area contributed by atoms with Crippen LogP contribution >= 0.6 is 0 Å². The fourth-order valence-corrected chi connectivity index (χ4v) is 1.75. The van der Waals surface area contributed by atoms with Gasteiger partial charge in [-0.05, 0) is 19.3 Å². The summed E-state index contributed by atoms with van der Waals surface area (Å²) < 4.78 is 0. The van der Waals surface area contributed by atoms with Crippen molar-refractivity contribution in [1.29, 1.82) is 0 Å². The van der Waals surface area contributed by atoms with E-state index in [4.69, 9.17) is 0 Å². The Hall–Kier alpha value is -0.300. The number of nitrogens with zero attached hydrogens (tertiary/aromatic N) is 1. The summed E-state index contributed by atoms with van der Waals surface area (Å²) in [6, 6.07) is 1.25. The van der Waals surface area contributed by atoms with Crippen molar-refractivity contribution in [2.24, 2.45) is 5.41 Å². The van der Waals surface area contributed by atoms with Gasteiger partial charge in [-0.2, -0.15) is 0 Å². The van der Waals surface area contributed by atoms with Crippen molar-refractivity contribution in [3.63, 3.8) is 0 Å². The number of rotatable bonds is 1. The van der Waals surface area contributed by atoms with Gasteiger partial charge in [0.2, 0.25) is 0 Å². The zero-order valence-electron chi connectivity index (χ0n) is 8.96. The van der Waals surface area contributed by atoms with Crippen molar-refractivity contribution in [3.05, 3.63) is 12.2 Å². The molecule has 0 saturated carbocycles. The van der Waals surface area contributed by atoms with E-state index in [-0.39, 0.29) is 0 Å². The fourth-order valence-electron chi connectivity index (χ4n) is 1.75. The van der Waals surface area contributed by atoms with Crippen LogP contribution in [0.3, 0.4) is 0 Å². The Bertz CT molecular complexity index is 164. The van der Waals surface area contributed by atoms with E-state index in [1.807, 2.05) is 0 Å². The molecule has 1 aliphatic heterocycles. The third kappa shape index (κ3) is 2.34. The first kappa shape index (κ1) is 9.79. The molecule has 0 aromatic rings. The summed E-state index contributed by atoms with van der Waals surface area (Å²) in [5.74, 6) is 0. The lowest BCUT2D eigenvalue weighted by atomic mass is 9.95. The fraction of sp³-hybridized carbons (Fsp3) is 0.818. The van der Waals surface area contributed by atoms with Gasteiger partial charge in [-0.15, -0.1) is 0 Å². The van der Waals surface area contributed by atoms with Gasteiger partial charge in [0.15, 0.2) is 0 Å². The molecule has 1 aliphatic rings. The molecule has 1 rings (SSSR count). The third-order valence-corrected chi connectivity index (χ3v) is 2.37. The average Bonchev–Trinajstić information content (AvgIpc) is 2.16. The maximum absolute atomic E-state index is 2.54. The lowest BCUT2D eigenvalue weighted by Crippen LogP contribution is -2.39. The van der Waals surface area contributed by atoms with Gasteiger partial charge >= 0.3 is 0 Å². The first-order chi connectivity index (χ1) is 5.40. The van der Waals surface area contributed by atoms with Crippen LogP contribution in [0.25, 0.3) is 0 Å². The van der Waals surface area contributed by atoms with Crippen molar-refractivity contribution in [1.82, 2.24) is 4.90 Å². The van der Waals surface area contributed by atoms with Crippen molar-refractivity contribution in [2.75, 3.05) is 6.54 Å². The van der Waals surface area contributed by atoms with Crippen LogP contribution in [0.4, 0.5) is 0 Å². The molecule has 2 atom stereocenters. The monoisotopic (exact) mass is 167 g/mol. The van der Waals surface area contributed by atoms with E-state index in [2.05, 4.69) is 51.7 Å². The van der Waals surface area contributed by atoms with Crippen LogP contribution in [-0.2, 0) is 0 Å².